The van der Waals surface area contributed by atoms with Crippen LogP contribution in [0.25, 0.3) is 0 Å². The summed E-state index contributed by atoms with van der Waals surface area (Å²) in [5.74, 6) is 0.931. The van der Waals surface area contributed by atoms with Gasteiger partial charge in [0.05, 0.1) is 11.4 Å². The third-order valence-electron chi connectivity index (χ3n) is 3.75. The second-order valence-corrected chi connectivity index (χ2v) is 5.33. The summed E-state index contributed by atoms with van der Waals surface area (Å²) in [6.45, 7) is 3.32. The highest BCUT2D eigenvalue weighted by Crippen LogP contribution is 2.40. The standard InChI is InChI=1S/C14H20N2/c1-10-3-2-4-13(14(10)15)16(12-7-8-12)9-11-5-6-11/h2-4,11-12H,5-9,15H2,1H3. The van der Waals surface area contributed by atoms with Gasteiger partial charge in [-0.3, -0.25) is 0 Å². The maximum atomic E-state index is 6.20. The van der Waals surface area contributed by atoms with Gasteiger partial charge in [0.25, 0.3) is 0 Å². The van der Waals surface area contributed by atoms with E-state index in [-0.39, 0.29) is 0 Å². The second-order valence-electron chi connectivity index (χ2n) is 5.33. The van der Waals surface area contributed by atoms with E-state index in [0.717, 1.165) is 17.6 Å². The van der Waals surface area contributed by atoms with Gasteiger partial charge in [-0.05, 0) is 50.2 Å². The number of benzene rings is 1. The molecule has 0 radical (unpaired) electrons. The number of nitrogens with zero attached hydrogens (tertiary/aromatic N) is 1. The lowest BCUT2D eigenvalue weighted by Crippen LogP contribution is -2.28. The van der Waals surface area contributed by atoms with Crippen molar-refractivity contribution in [2.45, 2.75) is 38.6 Å². The third kappa shape index (κ3) is 1.89. The summed E-state index contributed by atoms with van der Waals surface area (Å²) < 4.78 is 0. The molecule has 2 fully saturated rings. The lowest BCUT2D eigenvalue weighted by molar-refractivity contribution is 0.719. The van der Waals surface area contributed by atoms with Crippen molar-refractivity contribution in [3.63, 3.8) is 0 Å². The number of para-hydroxylation sites is 1. The average molecular weight is 216 g/mol. The van der Waals surface area contributed by atoms with Gasteiger partial charge < -0.3 is 10.6 Å². The second kappa shape index (κ2) is 3.69. The molecule has 1 aromatic rings. The molecular weight excluding hydrogens is 196 g/mol. The Kier molecular flexibility index (Phi) is 2.31. The number of nitrogen functional groups attached to an aromatic ring is 1. The zero-order valence-corrected chi connectivity index (χ0v) is 9.95. The summed E-state index contributed by atoms with van der Waals surface area (Å²) >= 11 is 0. The molecule has 2 nitrogen and oxygen atoms in total. The van der Waals surface area contributed by atoms with Crippen molar-refractivity contribution < 1.29 is 0 Å². The minimum Gasteiger partial charge on any atom is -0.397 e. The van der Waals surface area contributed by atoms with Crippen molar-refractivity contribution in [3.8, 4) is 0 Å². The van der Waals surface area contributed by atoms with E-state index >= 15 is 0 Å². The molecule has 0 aromatic heterocycles. The molecule has 2 N–H and O–H groups in total. The molecule has 2 heteroatoms. The Morgan fingerprint density at radius 3 is 2.62 bits per heavy atom. The Balaban J connectivity index is 1.88. The molecule has 2 saturated carbocycles. The van der Waals surface area contributed by atoms with Gasteiger partial charge in [-0.25, -0.2) is 0 Å². The van der Waals surface area contributed by atoms with Crippen LogP contribution in [-0.4, -0.2) is 12.6 Å². The zero-order chi connectivity index (χ0) is 11.1. The molecule has 0 heterocycles. The number of anilines is 2. The molecule has 3 rings (SSSR count). The van der Waals surface area contributed by atoms with Gasteiger partial charge in [0, 0.05) is 12.6 Å². The van der Waals surface area contributed by atoms with E-state index in [4.69, 9.17) is 5.73 Å². The van der Waals surface area contributed by atoms with E-state index in [9.17, 15) is 0 Å². The largest absolute Gasteiger partial charge is 0.397 e. The lowest BCUT2D eigenvalue weighted by atomic mass is 10.1. The molecule has 0 saturated heterocycles. The van der Waals surface area contributed by atoms with Gasteiger partial charge in [-0.1, -0.05) is 12.1 Å². The van der Waals surface area contributed by atoms with E-state index in [1.807, 2.05) is 0 Å². The van der Waals surface area contributed by atoms with E-state index < -0.39 is 0 Å². The number of nitrogens with two attached hydrogens (primary N) is 1. The first-order chi connectivity index (χ1) is 7.75. The van der Waals surface area contributed by atoms with E-state index in [1.54, 1.807) is 0 Å². The van der Waals surface area contributed by atoms with Crippen LogP contribution in [0.15, 0.2) is 18.2 Å². The van der Waals surface area contributed by atoms with Crippen LogP contribution in [0, 0.1) is 12.8 Å². The van der Waals surface area contributed by atoms with Gasteiger partial charge >= 0.3 is 0 Å². The molecule has 2 aliphatic carbocycles. The van der Waals surface area contributed by atoms with Gasteiger partial charge in [0.2, 0.25) is 0 Å². The van der Waals surface area contributed by atoms with Crippen LogP contribution in [0.1, 0.15) is 31.2 Å². The molecule has 2 aliphatic rings. The molecule has 86 valence electrons. The summed E-state index contributed by atoms with van der Waals surface area (Å²) in [5, 5.41) is 0. The van der Waals surface area contributed by atoms with Crippen LogP contribution in [0.5, 0.6) is 0 Å². The molecule has 0 amide bonds. The monoisotopic (exact) mass is 216 g/mol. The first-order valence-electron chi connectivity index (χ1n) is 6.37. The fourth-order valence-electron chi connectivity index (χ4n) is 2.32. The normalized spacial score (nSPS) is 19.8. The lowest BCUT2D eigenvalue weighted by Gasteiger charge is -2.26. The fourth-order valence-corrected chi connectivity index (χ4v) is 2.32. The molecule has 1 aromatic carbocycles. The van der Waals surface area contributed by atoms with Crippen LogP contribution < -0.4 is 10.6 Å². The Morgan fingerprint density at radius 2 is 2.00 bits per heavy atom. The zero-order valence-electron chi connectivity index (χ0n) is 9.95. The summed E-state index contributed by atoms with van der Waals surface area (Å²) in [6, 6.07) is 7.18. The first kappa shape index (κ1) is 10.0. The Hall–Kier alpha value is -1.18. The topological polar surface area (TPSA) is 29.3 Å². The third-order valence-corrected chi connectivity index (χ3v) is 3.75. The maximum absolute atomic E-state index is 6.20. The predicted octanol–water partition coefficient (Wildman–Crippen LogP) is 2.96. The van der Waals surface area contributed by atoms with Crippen LogP contribution in [-0.2, 0) is 0 Å². The van der Waals surface area contributed by atoms with Crippen molar-refractivity contribution in [3.05, 3.63) is 23.8 Å². The van der Waals surface area contributed by atoms with E-state index in [0.29, 0.717) is 0 Å². The van der Waals surface area contributed by atoms with Crippen molar-refractivity contribution in [1.29, 1.82) is 0 Å². The summed E-state index contributed by atoms with van der Waals surface area (Å²) in [5.41, 5.74) is 9.67. The molecule has 0 aliphatic heterocycles. The smallest absolute Gasteiger partial charge is 0.0605 e. The van der Waals surface area contributed by atoms with Crippen LogP contribution in [0.3, 0.4) is 0 Å². The van der Waals surface area contributed by atoms with E-state index in [2.05, 4.69) is 30.0 Å². The quantitative estimate of drug-likeness (QED) is 0.784. The number of rotatable bonds is 4. The van der Waals surface area contributed by atoms with Gasteiger partial charge in [-0.15, -0.1) is 0 Å². The molecule has 0 unspecified atom stereocenters. The van der Waals surface area contributed by atoms with E-state index in [1.165, 1.54) is 43.5 Å². The van der Waals surface area contributed by atoms with Gasteiger partial charge in [0.15, 0.2) is 0 Å². The number of aryl methyl sites for hydroxylation is 1. The van der Waals surface area contributed by atoms with Crippen molar-refractivity contribution >= 4 is 11.4 Å². The summed E-state index contributed by atoms with van der Waals surface area (Å²) in [4.78, 5) is 2.56. The minimum atomic E-state index is 0.768. The highest BCUT2D eigenvalue weighted by Gasteiger charge is 2.34. The highest BCUT2D eigenvalue weighted by molar-refractivity contribution is 5.71. The average Bonchev–Trinajstić information content (AvgIpc) is 3.14. The first-order valence-corrected chi connectivity index (χ1v) is 6.37. The van der Waals surface area contributed by atoms with Crippen molar-refractivity contribution in [2.24, 2.45) is 5.92 Å². The summed E-state index contributed by atoms with van der Waals surface area (Å²) in [7, 11) is 0. The Morgan fingerprint density at radius 1 is 1.25 bits per heavy atom. The maximum Gasteiger partial charge on any atom is 0.0605 e. The SMILES string of the molecule is Cc1cccc(N(CC2CC2)C2CC2)c1N. The Bertz CT molecular complexity index is 392. The molecule has 0 bridgehead atoms. The van der Waals surface area contributed by atoms with Gasteiger partial charge in [0.1, 0.15) is 0 Å². The van der Waals surface area contributed by atoms with Gasteiger partial charge in [-0.2, -0.15) is 0 Å². The van der Waals surface area contributed by atoms with Crippen LogP contribution >= 0.6 is 0 Å². The fraction of sp³-hybridized carbons (Fsp3) is 0.571. The molecular formula is C14H20N2. The van der Waals surface area contributed by atoms with Crippen LogP contribution in [0.2, 0.25) is 0 Å². The number of hydrogen-bond acceptors (Lipinski definition) is 2. The number of hydrogen-bond donors (Lipinski definition) is 1. The highest BCUT2D eigenvalue weighted by atomic mass is 15.2. The minimum absolute atomic E-state index is 0.768. The van der Waals surface area contributed by atoms with Crippen molar-refractivity contribution in [1.82, 2.24) is 0 Å². The molecule has 16 heavy (non-hydrogen) atoms. The predicted molar refractivity (Wildman–Crippen MR) is 68.7 cm³/mol. The molecule has 0 atom stereocenters. The van der Waals surface area contributed by atoms with Crippen molar-refractivity contribution in [2.75, 3.05) is 17.2 Å². The summed E-state index contributed by atoms with van der Waals surface area (Å²) in [6.07, 6.45) is 5.52. The molecule has 0 spiro atoms. The Labute approximate surface area is 97.4 Å². The van der Waals surface area contributed by atoms with Crippen LogP contribution in [0.4, 0.5) is 11.4 Å².